The van der Waals surface area contributed by atoms with Crippen LogP contribution in [-0.2, 0) is 4.79 Å². The van der Waals surface area contributed by atoms with E-state index in [0.29, 0.717) is 0 Å². The Balaban J connectivity index is 4.50. The highest BCUT2D eigenvalue weighted by atomic mass is 35.5. The van der Waals surface area contributed by atoms with Gasteiger partial charge in [-0.2, -0.15) is 0 Å². The van der Waals surface area contributed by atoms with Gasteiger partial charge in [-0.25, -0.2) is 4.79 Å². The number of carboxylic acids is 1. The van der Waals surface area contributed by atoms with Gasteiger partial charge in [0.1, 0.15) is 9.87 Å². The Morgan fingerprint density at radius 1 is 1.50 bits per heavy atom. The predicted molar refractivity (Wildman–Crippen MR) is 40.2 cm³/mol. The third-order valence-corrected chi connectivity index (χ3v) is 1.53. The molecule has 0 aliphatic heterocycles. The van der Waals surface area contributed by atoms with Gasteiger partial charge in [-0.05, 0) is 0 Å². The molecule has 0 aliphatic carbocycles. The second-order valence-electron chi connectivity index (χ2n) is 1.38. The van der Waals surface area contributed by atoms with Crippen LogP contribution in [0.1, 0.15) is 0 Å². The lowest BCUT2D eigenvalue weighted by molar-refractivity contribution is -0.131. The van der Waals surface area contributed by atoms with Crippen molar-refractivity contribution in [3.63, 3.8) is 0 Å². The van der Waals surface area contributed by atoms with Gasteiger partial charge in [0.05, 0.1) is 5.70 Å². The minimum absolute atomic E-state index is 0.252. The van der Waals surface area contributed by atoms with E-state index in [1.54, 1.807) is 0 Å². The summed E-state index contributed by atoms with van der Waals surface area (Å²) in [5.41, 5.74) is 4.81. The fraction of sp³-hybridized carbons (Fsp3) is 0.250. The number of aliphatic carboxylic acids is 1. The van der Waals surface area contributed by atoms with E-state index < -0.39 is 15.8 Å². The minimum atomic E-state index is -1.34. The lowest BCUT2D eigenvalue weighted by atomic mass is 10.4. The summed E-state index contributed by atoms with van der Waals surface area (Å²) in [5.74, 6) is -1.34. The molecule has 0 spiro atoms. The van der Waals surface area contributed by atoms with E-state index in [9.17, 15) is 4.79 Å². The topological polar surface area (TPSA) is 63.3 Å². The van der Waals surface area contributed by atoms with Gasteiger partial charge < -0.3 is 10.8 Å². The largest absolute Gasteiger partial charge is 0.477 e. The first kappa shape index (κ1) is 9.88. The summed E-state index contributed by atoms with van der Waals surface area (Å²) in [6.45, 7) is 0. The lowest BCUT2D eigenvalue weighted by Gasteiger charge is -2.00. The molecule has 0 fully saturated rings. The number of hydrogen-bond acceptors (Lipinski definition) is 2. The summed E-state index contributed by atoms with van der Waals surface area (Å²) in [6, 6.07) is 0. The molecule has 3 N–H and O–H groups in total. The Labute approximate surface area is 72.3 Å². The standard InChI is InChI=1S/C4H4Cl3NO2/c5-1(4(9)10)2(8)3(6)7/h3H,8H2,(H,9,10)/b2-1+. The Bertz CT molecular complexity index is 177. The molecule has 0 saturated heterocycles. The van der Waals surface area contributed by atoms with E-state index in [1.165, 1.54) is 0 Å². The summed E-state index contributed by atoms with van der Waals surface area (Å²) in [7, 11) is 0. The molecule has 0 atom stereocenters. The highest BCUT2D eigenvalue weighted by Gasteiger charge is 2.13. The molecular weight excluding hydrogens is 200 g/mol. The zero-order valence-corrected chi connectivity index (χ0v) is 6.91. The lowest BCUT2D eigenvalue weighted by Crippen LogP contribution is -2.12. The Morgan fingerprint density at radius 3 is 2.00 bits per heavy atom. The van der Waals surface area contributed by atoms with Crippen LogP contribution in [0.4, 0.5) is 0 Å². The fourth-order valence-electron chi connectivity index (χ4n) is 0.219. The summed E-state index contributed by atoms with van der Waals surface area (Å²) in [4.78, 5) is 8.98. The van der Waals surface area contributed by atoms with E-state index in [4.69, 9.17) is 45.6 Å². The fourth-order valence-corrected chi connectivity index (χ4v) is 0.658. The quantitative estimate of drug-likeness (QED) is 0.526. The average Bonchev–Trinajstić information content (AvgIpc) is 1.84. The average molecular weight is 204 g/mol. The van der Waals surface area contributed by atoms with Crippen LogP contribution in [0.2, 0.25) is 0 Å². The van der Waals surface area contributed by atoms with Crippen molar-refractivity contribution >= 4 is 40.8 Å². The van der Waals surface area contributed by atoms with Gasteiger partial charge in [0.15, 0.2) is 0 Å². The number of rotatable bonds is 2. The number of carbonyl (C=O) groups is 1. The molecular formula is C4H4Cl3NO2. The number of carboxylic acid groups (broad SMARTS) is 1. The molecule has 6 heteroatoms. The van der Waals surface area contributed by atoms with E-state index in [-0.39, 0.29) is 5.70 Å². The third-order valence-electron chi connectivity index (χ3n) is 0.676. The van der Waals surface area contributed by atoms with Gasteiger partial charge in [0.2, 0.25) is 0 Å². The normalized spacial score (nSPS) is 13.2. The van der Waals surface area contributed by atoms with Gasteiger partial charge >= 0.3 is 5.97 Å². The van der Waals surface area contributed by atoms with Crippen molar-refractivity contribution in [1.82, 2.24) is 0 Å². The van der Waals surface area contributed by atoms with Gasteiger partial charge in [-0.1, -0.05) is 34.8 Å². The molecule has 0 saturated carbocycles. The third kappa shape index (κ3) is 2.64. The second kappa shape index (κ2) is 3.91. The van der Waals surface area contributed by atoms with Crippen LogP contribution in [0, 0.1) is 0 Å². The van der Waals surface area contributed by atoms with E-state index >= 15 is 0 Å². The Kier molecular flexibility index (Phi) is 3.86. The summed E-state index contributed by atoms with van der Waals surface area (Å²) in [5, 5.41) is 7.67. The molecule has 0 aliphatic rings. The maximum atomic E-state index is 10.1. The first-order valence-electron chi connectivity index (χ1n) is 2.13. The highest BCUT2D eigenvalue weighted by molar-refractivity contribution is 6.48. The van der Waals surface area contributed by atoms with Crippen LogP contribution >= 0.6 is 34.8 Å². The zero-order chi connectivity index (χ0) is 8.31. The van der Waals surface area contributed by atoms with Gasteiger partial charge in [0.25, 0.3) is 0 Å². The molecule has 3 nitrogen and oxygen atoms in total. The molecule has 10 heavy (non-hydrogen) atoms. The Hall–Kier alpha value is -0.120. The SMILES string of the molecule is N/C(=C(/Cl)C(=O)O)C(Cl)Cl. The molecule has 0 bridgehead atoms. The van der Waals surface area contributed by atoms with Crippen LogP contribution in [0.5, 0.6) is 0 Å². The zero-order valence-electron chi connectivity index (χ0n) is 4.64. The van der Waals surface area contributed by atoms with Crippen molar-refractivity contribution in [1.29, 1.82) is 0 Å². The molecule has 0 heterocycles. The van der Waals surface area contributed by atoms with E-state index in [1.807, 2.05) is 0 Å². The maximum Gasteiger partial charge on any atom is 0.349 e. The molecule has 0 aromatic rings. The maximum absolute atomic E-state index is 10.1. The Morgan fingerprint density at radius 2 is 1.90 bits per heavy atom. The molecule has 0 amide bonds. The smallest absolute Gasteiger partial charge is 0.349 e. The number of hydrogen-bond donors (Lipinski definition) is 2. The number of halogens is 3. The van der Waals surface area contributed by atoms with Crippen LogP contribution in [0.3, 0.4) is 0 Å². The molecule has 58 valence electrons. The van der Waals surface area contributed by atoms with E-state index in [0.717, 1.165) is 0 Å². The van der Waals surface area contributed by atoms with Crippen molar-refractivity contribution in [2.24, 2.45) is 5.73 Å². The first-order valence-corrected chi connectivity index (χ1v) is 3.38. The van der Waals surface area contributed by atoms with Crippen LogP contribution < -0.4 is 5.73 Å². The molecule has 0 aromatic carbocycles. The van der Waals surface area contributed by atoms with Crippen molar-refractivity contribution in [3.8, 4) is 0 Å². The van der Waals surface area contributed by atoms with E-state index in [2.05, 4.69) is 0 Å². The van der Waals surface area contributed by atoms with Gasteiger partial charge in [0, 0.05) is 0 Å². The summed E-state index contributed by atoms with van der Waals surface area (Å²) in [6.07, 6.45) is 0. The number of nitrogens with two attached hydrogens (primary N) is 1. The van der Waals surface area contributed by atoms with Gasteiger partial charge in [-0.15, -0.1) is 0 Å². The van der Waals surface area contributed by atoms with Gasteiger partial charge in [-0.3, -0.25) is 0 Å². The number of alkyl halides is 2. The molecule has 0 rings (SSSR count). The molecule has 0 unspecified atom stereocenters. The second-order valence-corrected chi connectivity index (χ2v) is 2.85. The predicted octanol–water partition coefficient (Wildman–Crippen LogP) is 1.28. The van der Waals surface area contributed by atoms with Crippen molar-refractivity contribution in [2.45, 2.75) is 4.84 Å². The molecule has 0 radical (unpaired) electrons. The van der Waals surface area contributed by atoms with Crippen LogP contribution in [0.25, 0.3) is 0 Å². The van der Waals surface area contributed by atoms with Crippen molar-refractivity contribution in [2.75, 3.05) is 0 Å². The van der Waals surface area contributed by atoms with Crippen molar-refractivity contribution in [3.05, 3.63) is 10.7 Å². The summed E-state index contributed by atoms with van der Waals surface area (Å²) < 4.78 is 0. The monoisotopic (exact) mass is 203 g/mol. The van der Waals surface area contributed by atoms with Crippen LogP contribution in [-0.4, -0.2) is 15.9 Å². The van der Waals surface area contributed by atoms with Crippen molar-refractivity contribution < 1.29 is 9.90 Å². The number of allylic oxidation sites excluding steroid dienone is 1. The highest BCUT2D eigenvalue weighted by Crippen LogP contribution is 2.15. The first-order chi connectivity index (χ1) is 4.46. The van der Waals surface area contributed by atoms with Crippen LogP contribution in [0.15, 0.2) is 10.7 Å². The minimum Gasteiger partial charge on any atom is -0.477 e. The molecule has 0 aromatic heterocycles. The summed E-state index contributed by atoms with van der Waals surface area (Å²) >= 11 is 15.6.